The minimum absolute atomic E-state index is 0.150. The molecule has 0 aliphatic carbocycles. The normalized spacial score (nSPS) is 12.9. The molecule has 0 aliphatic heterocycles. The van der Waals surface area contributed by atoms with Gasteiger partial charge in [0.25, 0.3) is 0 Å². The van der Waals surface area contributed by atoms with E-state index in [1.165, 1.54) is 10.5 Å². The van der Waals surface area contributed by atoms with Gasteiger partial charge in [-0.1, -0.05) is 96.5 Å². The van der Waals surface area contributed by atoms with E-state index in [-0.39, 0.29) is 18.2 Å². The van der Waals surface area contributed by atoms with Crippen LogP contribution in [0.2, 0.25) is 0 Å². The lowest BCUT2D eigenvalue weighted by molar-refractivity contribution is -0.137. The topological polar surface area (TPSA) is 49.3 Å². The Bertz CT molecular complexity index is 870. The number of benzene rings is 1. The number of carboxylic acids is 1. The number of allylic oxidation sites excluding steroid dienone is 8. The maximum atomic E-state index is 14.4. The van der Waals surface area contributed by atoms with Crippen molar-refractivity contribution in [1.82, 2.24) is 4.72 Å². The molecule has 0 spiro atoms. The molecule has 0 heterocycles. The van der Waals surface area contributed by atoms with Crippen LogP contribution >= 0.6 is 11.9 Å². The lowest BCUT2D eigenvalue weighted by Gasteiger charge is -2.12. The molecule has 0 unspecified atom stereocenters. The van der Waals surface area contributed by atoms with Gasteiger partial charge in [0.2, 0.25) is 0 Å². The van der Waals surface area contributed by atoms with Gasteiger partial charge in [-0.05, 0) is 78.5 Å². The fraction of sp³-hybridized carbons (Fsp3) is 0.452. The molecule has 36 heavy (non-hydrogen) atoms. The Balaban J connectivity index is 0.00000596. The molecule has 3 nitrogen and oxygen atoms in total. The molecule has 0 amide bonds. The molecule has 0 bridgehead atoms. The Hall–Kier alpha value is -2.37. The molecule has 0 radical (unpaired) electrons. The van der Waals surface area contributed by atoms with Crippen molar-refractivity contribution in [3.05, 3.63) is 89.2 Å². The molecule has 1 aromatic rings. The molecule has 0 saturated carbocycles. The second-order valence-corrected chi connectivity index (χ2v) is 9.52. The highest BCUT2D eigenvalue weighted by Gasteiger charge is 2.06. The minimum Gasteiger partial charge on any atom is -0.481 e. The molecule has 1 rings (SSSR count). The first-order valence-electron chi connectivity index (χ1n) is 13.1. The summed E-state index contributed by atoms with van der Waals surface area (Å²) in [7, 11) is 0. The number of halogens is 1. The summed E-state index contributed by atoms with van der Waals surface area (Å²) in [6.07, 6.45) is 15.1. The van der Waals surface area contributed by atoms with Gasteiger partial charge in [0.05, 0.1) is 0 Å². The van der Waals surface area contributed by atoms with Gasteiger partial charge in [-0.15, -0.1) is 0 Å². The highest BCUT2D eigenvalue weighted by molar-refractivity contribution is 8.01. The van der Waals surface area contributed by atoms with E-state index in [9.17, 15) is 9.18 Å². The Morgan fingerprint density at radius 3 is 2.28 bits per heavy atom. The van der Waals surface area contributed by atoms with Crippen molar-refractivity contribution in [2.24, 2.45) is 5.92 Å². The fourth-order valence-corrected chi connectivity index (χ4v) is 4.12. The average Bonchev–Trinajstić information content (AvgIpc) is 2.85. The summed E-state index contributed by atoms with van der Waals surface area (Å²) in [5, 5.41) is 8.74. The van der Waals surface area contributed by atoms with E-state index >= 15 is 0 Å². The Labute approximate surface area is 223 Å². The van der Waals surface area contributed by atoms with E-state index in [2.05, 4.69) is 24.3 Å². The molecule has 2 N–H and O–H groups in total. The molecule has 0 atom stereocenters. The van der Waals surface area contributed by atoms with Gasteiger partial charge < -0.3 is 5.11 Å². The maximum absolute atomic E-state index is 14.4. The second kappa shape index (κ2) is 21.9. The van der Waals surface area contributed by atoms with Crippen LogP contribution in [-0.2, 0) is 4.79 Å². The van der Waals surface area contributed by atoms with Gasteiger partial charge in [-0.25, -0.2) is 4.39 Å². The van der Waals surface area contributed by atoms with Crippen molar-refractivity contribution in [2.75, 3.05) is 6.54 Å². The zero-order valence-corrected chi connectivity index (χ0v) is 23.7. The Morgan fingerprint density at radius 2 is 1.72 bits per heavy atom. The third-order valence-corrected chi connectivity index (χ3v) is 6.01. The number of nitrogens with one attached hydrogen (secondary N) is 1. The summed E-state index contributed by atoms with van der Waals surface area (Å²) in [4.78, 5) is 11.8. The SMILES string of the molecule is C=C/C=C(\C=C(/CC)SNC/C(=C\C(F)=C/C(C)C)c1ccccc1)CCCCCCC(=O)O.CC. The van der Waals surface area contributed by atoms with Crippen LogP contribution in [0.3, 0.4) is 0 Å². The van der Waals surface area contributed by atoms with Crippen LogP contribution < -0.4 is 4.72 Å². The van der Waals surface area contributed by atoms with E-state index in [0.29, 0.717) is 6.54 Å². The van der Waals surface area contributed by atoms with Gasteiger partial charge in [0, 0.05) is 17.9 Å². The van der Waals surface area contributed by atoms with Crippen LogP contribution in [0.4, 0.5) is 4.39 Å². The zero-order valence-electron chi connectivity index (χ0n) is 22.9. The predicted octanol–water partition coefficient (Wildman–Crippen LogP) is 9.67. The van der Waals surface area contributed by atoms with Crippen molar-refractivity contribution in [2.45, 2.75) is 79.6 Å². The Morgan fingerprint density at radius 1 is 1.08 bits per heavy atom. The smallest absolute Gasteiger partial charge is 0.303 e. The Kier molecular flexibility index (Phi) is 20.4. The number of carboxylic acid groups (broad SMARTS) is 1. The van der Waals surface area contributed by atoms with E-state index in [0.717, 1.165) is 49.7 Å². The van der Waals surface area contributed by atoms with Crippen molar-refractivity contribution in [3.63, 3.8) is 0 Å². The summed E-state index contributed by atoms with van der Waals surface area (Å²) < 4.78 is 17.8. The quantitative estimate of drug-likeness (QED) is 0.123. The molecule has 0 aliphatic rings. The molecule has 0 aromatic heterocycles. The van der Waals surface area contributed by atoms with Gasteiger partial charge >= 0.3 is 5.97 Å². The molecule has 5 heteroatoms. The van der Waals surface area contributed by atoms with E-state index < -0.39 is 5.97 Å². The summed E-state index contributed by atoms with van der Waals surface area (Å²) >= 11 is 1.58. The first-order valence-corrected chi connectivity index (χ1v) is 13.9. The number of unbranched alkanes of at least 4 members (excludes halogenated alkanes) is 3. The molecule has 0 fully saturated rings. The summed E-state index contributed by atoms with van der Waals surface area (Å²) in [6, 6.07) is 9.89. The molecule has 200 valence electrons. The van der Waals surface area contributed by atoms with Crippen LogP contribution in [0.25, 0.3) is 5.57 Å². The van der Waals surface area contributed by atoms with Crippen molar-refractivity contribution in [3.8, 4) is 0 Å². The van der Waals surface area contributed by atoms with Gasteiger partial charge in [-0.3, -0.25) is 9.52 Å². The van der Waals surface area contributed by atoms with E-state index in [1.807, 2.05) is 70.2 Å². The van der Waals surface area contributed by atoms with Crippen molar-refractivity contribution >= 4 is 23.5 Å². The molecular formula is C31H46FNO2S. The van der Waals surface area contributed by atoms with Gasteiger partial charge in [0.1, 0.15) is 5.83 Å². The van der Waals surface area contributed by atoms with Gasteiger partial charge in [-0.2, -0.15) is 0 Å². The van der Waals surface area contributed by atoms with E-state index in [1.54, 1.807) is 24.1 Å². The molecule has 0 saturated heterocycles. The standard InChI is InChI=1S/C29H40FNO2S.C2H6/c1-5-14-24(15-10-7-8-13-18-29(32)33)20-28(6-2)34-31-22-26(21-27(30)19-23(3)4)25-16-11-9-12-17-25;1-2/h5,9,11-12,14,16-17,19-21,23,31H,1,6-8,10,13,15,18,22H2,2-4H3,(H,32,33);1-2H3/b24-14-,26-21+,27-19+,28-20+;. The lowest BCUT2D eigenvalue weighted by atomic mass is 10.0. The average molecular weight is 516 g/mol. The van der Waals surface area contributed by atoms with Crippen LogP contribution in [0.5, 0.6) is 0 Å². The monoisotopic (exact) mass is 515 g/mol. The zero-order chi connectivity index (χ0) is 27.2. The van der Waals surface area contributed by atoms with Crippen molar-refractivity contribution < 1.29 is 14.3 Å². The van der Waals surface area contributed by atoms with Crippen LogP contribution in [0.1, 0.15) is 85.1 Å². The number of hydrogen-bond acceptors (Lipinski definition) is 3. The van der Waals surface area contributed by atoms with Crippen LogP contribution in [0, 0.1) is 5.92 Å². The third-order valence-electron chi connectivity index (χ3n) is 5.05. The summed E-state index contributed by atoms with van der Waals surface area (Å²) in [6.45, 7) is 14.4. The summed E-state index contributed by atoms with van der Waals surface area (Å²) in [5.74, 6) is -0.792. The van der Waals surface area contributed by atoms with Gasteiger partial charge in [0.15, 0.2) is 0 Å². The number of carbonyl (C=O) groups is 1. The second-order valence-electron chi connectivity index (χ2n) is 8.50. The fourth-order valence-electron chi connectivity index (χ4n) is 3.35. The number of hydrogen-bond donors (Lipinski definition) is 2. The number of aliphatic carboxylic acids is 1. The van der Waals surface area contributed by atoms with E-state index in [4.69, 9.17) is 5.11 Å². The first kappa shape index (κ1) is 33.6. The third kappa shape index (κ3) is 17.1. The van der Waals surface area contributed by atoms with Crippen LogP contribution in [0.15, 0.2) is 83.6 Å². The highest BCUT2D eigenvalue weighted by atomic mass is 32.2. The molecular weight excluding hydrogens is 469 g/mol. The maximum Gasteiger partial charge on any atom is 0.303 e. The van der Waals surface area contributed by atoms with Crippen molar-refractivity contribution in [1.29, 1.82) is 0 Å². The number of rotatable bonds is 17. The molecule has 1 aromatic carbocycles. The lowest BCUT2D eigenvalue weighted by Crippen LogP contribution is -2.08. The first-order chi connectivity index (χ1) is 17.3. The largest absolute Gasteiger partial charge is 0.481 e. The van der Waals surface area contributed by atoms with Crippen LogP contribution in [-0.4, -0.2) is 17.6 Å². The highest BCUT2D eigenvalue weighted by Crippen LogP contribution is 2.24. The summed E-state index contributed by atoms with van der Waals surface area (Å²) in [5.41, 5.74) is 3.12. The minimum atomic E-state index is -0.726. The predicted molar refractivity (Wildman–Crippen MR) is 157 cm³/mol.